The van der Waals surface area contributed by atoms with Gasteiger partial charge in [-0.1, -0.05) is 13.3 Å². The summed E-state index contributed by atoms with van der Waals surface area (Å²) in [5.74, 6) is -1.30. The van der Waals surface area contributed by atoms with E-state index in [1.54, 1.807) is 4.90 Å². The molecule has 0 saturated carbocycles. The van der Waals surface area contributed by atoms with Crippen molar-refractivity contribution in [2.45, 2.75) is 25.9 Å². The van der Waals surface area contributed by atoms with Gasteiger partial charge in [0.2, 0.25) is 0 Å². The van der Waals surface area contributed by atoms with Gasteiger partial charge in [-0.3, -0.25) is 9.78 Å². The molecule has 1 aliphatic heterocycles. The summed E-state index contributed by atoms with van der Waals surface area (Å²) in [4.78, 5) is 28.9. The minimum absolute atomic E-state index is 0.0559. The molecule has 6 nitrogen and oxygen atoms in total. The Morgan fingerprint density at radius 3 is 3.05 bits per heavy atom. The molecule has 0 radical (unpaired) electrons. The van der Waals surface area contributed by atoms with Gasteiger partial charge in [-0.25, -0.2) is 4.79 Å². The molecule has 1 aliphatic rings. The maximum absolute atomic E-state index is 12.3. The summed E-state index contributed by atoms with van der Waals surface area (Å²) < 4.78 is 5.59. The van der Waals surface area contributed by atoms with Gasteiger partial charge in [-0.15, -0.1) is 0 Å². The predicted molar refractivity (Wildman–Crippen MR) is 71.7 cm³/mol. The summed E-state index contributed by atoms with van der Waals surface area (Å²) in [6.07, 6.45) is 3.31. The molecular formula is C14H18N2O4. The third kappa shape index (κ3) is 3.33. The van der Waals surface area contributed by atoms with Crippen LogP contribution in [0, 0.1) is 0 Å². The maximum atomic E-state index is 12.3. The van der Waals surface area contributed by atoms with Gasteiger partial charge in [0, 0.05) is 19.3 Å². The van der Waals surface area contributed by atoms with E-state index >= 15 is 0 Å². The molecule has 20 heavy (non-hydrogen) atoms. The molecule has 1 atom stereocenters. The van der Waals surface area contributed by atoms with E-state index in [9.17, 15) is 9.59 Å². The predicted octanol–water partition coefficient (Wildman–Crippen LogP) is 1.42. The number of aromatic carboxylic acids is 1. The molecular weight excluding hydrogens is 260 g/mol. The molecule has 1 aromatic heterocycles. The fourth-order valence-corrected chi connectivity index (χ4v) is 2.24. The Labute approximate surface area is 117 Å². The summed E-state index contributed by atoms with van der Waals surface area (Å²) in [6.45, 7) is 3.63. The van der Waals surface area contributed by atoms with Crippen molar-refractivity contribution >= 4 is 11.9 Å². The van der Waals surface area contributed by atoms with Gasteiger partial charge in [0.15, 0.2) is 0 Å². The number of carbonyl (C=O) groups is 2. The molecule has 1 fully saturated rings. The van der Waals surface area contributed by atoms with Crippen molar-refractivity contribution in [3.63, 3.8) is 0 Å². The first-order valence-electron chi connectivity index (χ1n) is 6.72. The number of rotatable bonds is 4. The van der Waals surface area contributed by atoms with Crippen LogP contribution in [-0.2, 0) is 4.74 Å². The third-order valence-electron chi connectivity index (χ3n) is 3.26. The minimum Gasteiger partial charge on any atom is -0.478 e. The summed E-state index contributed by atoms with van der Waals surface area (Å²) in [5.41, 5.74) is 0.240. The van der Waals surface area contributed by atoms with E-state index in [-0.39, 0.29) is 23.3 Å². The van der Waals surface area contributed by atoms with E-state index in [4.69, 9.17) is 9.84 Å². The van der Waals surface area contributed by atoms with Crippen LogP contribution in [0.25, 0.3) is 0 Å². The second-order valence-electron chi connectivity index (χ2n) is 4.77. The summed E-state index contributed by atoms with van der Waals surface area (Å²) in [7, 11) is 0. The highest BCUT2D eigenvalue weighted by Crippen LogP contribution is 2.13. The second-order valence-corrected chi connectivity index (χ2v) is 4.77. The van der Waals surface area contributed by atoms with Crippen molar-refractivity contribution in [2.75, 3.05) is 19.7 Å². The zero-order valence-corrected chi connectivity index (χ0v) is 11.4. The Bertz CT molecular complexity index is 502. The van der Waals surface area contributed by atoms with Gasteiger partial charge < -0.3 is 14.7 Å². The molecule has 2 rings (SSSR count). The lowest BCUT2D eigenvalue weighted by Crippen LogP contribution is -2.45. The Kier molecular flexibility index (Phi) is 4.68. The SMILES string of the molecule is CCCC1CN(C(=O)c2cc(C(=O)O)ccn2)CCO1. The first-order valence-corrected chi connectivity index (χ1v) is 6.72. The van der Waals surface area contributed by atoms with E-state index in [1.807, 2.05) is 0 Å². The molecule has 0 spiro atoms. The maximum Gasteiger partial charge on any atom is 0.335 e. The number of amides is 1. The first kappa shape index (κ1) is 14.5. The Balaban J connectivity index is 2.10. The molecule has 2 heterocycles. The lowest BCUT2D eigenvalue weighted by molar-refractivity contribution is -0.0252. The van der Waals surface area contributed by atoms with E-state index in [0.29, 0.717) is 19.7 Å². The number of hydrogen-bond acceptors (Lipinski definition) is 4. The van der Waals surface area contributed by atoms with E-state index in [0.717, 1.165) is 12.8 Å². The first-order chi connectivity index (χ1) is 9.61. The number of morpholine rings is 1. The zero-order chi connectivity index (χ0) is 14.5. The van der Waals surface area contributed by atoms with Crippen LogP contribution in [0.2, 0.25) is 0 Å². The number of nitrogens with zero attached hydrogens (tertiary/aromatic N) is 2. The van der Waals surface area contributed by atoms with Crippen LogP contribution in [0.5, 0.6) is 0 Å². The Morgan fingerprint density at radius 1 is 1.55 bits per heavy atom. The van der Waals surface area contributed by atoms with E-state index < -0.39 is 5.97 Å². The highest BCUT2D eigenvalue weighted by molar-refractivity contribution is 5.95. The Hall–Kier alpha value is -1.95. The van der Waals surface area contributed by atoms with Gasteiger partial charge >= 0.3 is 5.97 Å². The average Bonchev–Trinajstić information content (AvgIpc) is 2.47. The fraction of sp³-hybridized carbons (Fsp3) is 0.500. The number of carboxylic acid groups (broad SMARTS) is 1. The van der Waals surface area contributed by atoms with Crippen LogP contribution in [0.3, 0.4) is 0 Å². The zero-order valence-electron chi connectivity index (χ0n) is 11.4. The van der Waals surface area contributed by atoms with E-state index in [2.05, 4.69) is 11.9 Å². The largest absolute Gasteiger partial charge is 0.478 e. The van der Waals surface area contributed by atoms with Crippen molar-refractivity contribution in [3.05, 3.63) is 29.6 Å². The number of hydrogen-bond donors (Lipinski definition) is 1. The topological polar surface area (TPSA) is 79.7 Å². The lowest BCUT2D eigenvalue weighted by Gasteiger charge is -2.32. The third-order valence-corrected chi connectivity index (χ3v) is 3.26. The number of aromatic nitrogens is 1. The smallest absolute Gasteiger partial charge is 0.335 e. The quantitative estimate of drug-likeness (QED) is 0.901. The minimum atomic E-state index is -1.06. The highest BCUT2D eigenvalue weighted by Gasteiger charge is 2.25. The summed E-state index contributed by atoms with van der Waals surface area (Å²) in [6, 6.07) is 2.69. The van der Waals surface area contributed by atoms with Crippen LogP contribution in [0.1, 0.15) is 40.6 Å². The van der Waals surface area contributed by atoms with Crippen LogP contribution in [-0.4, -0.2) is 52.7 Å². The molecule has 108 valence electrons. The van der Waals surface area contributed by atoms with Gasteiger partial charge in [0.1, 0.15) is 5.69 Å². The van der Waals surface area contributed by atoms with Crippen LogP contribution in [0.15, 0.2) is 18.3 Å². The normalized spacial score (nSPS) is 18.9. The van der Waals surface area contributed by atoms with Crippen molar-refractivity contribution in [1.82, 2.24) is 9.88 Å². The summed E-state index contributed by atoms with van der Waals surface area (Å²) >= 11 is 0. The standard InChI is InChI=1S/C14H18N2O4/c1-2-3-11-9-16(6-7-20-11)13(17)12-8-10(14(18)19)4-5-15-12/h4-5,8,11H,2-3,6-7,9H2,1H3,(H,18,19). The number of carboxylic acids is 1. The number of pyridine rings is 1. The van der Waals surface area contributed by atoms with Gasteiger partial charge in [0.05, 0.1) is 18.3 Å². The summed E-state index contributed by atoms with van der Waals surface area (Å²) in [5, 5.41) is 8.94. The molecule has 1 aromatic rings. The second kappa shape index (κ2) is 6.47. The number of ether oxygens (including phenoxy) is 1. The molecule has 0 aromatic carbocycles. The van der Waals surface area contributed by atoms with Crippen molar-refractivity contribution in [1.29, 1.82) is 0 Å². The van der Waals surface area contributed by atoms with E-state index in [1.165, 1.54) is 18.3 Å². The van der Waals surface area contributed by atoms with Crippen LogP contribution >= 0.6 is 0 Å². The van der Waals surface area contributed by atoms with Gasteiger partial charge in [-0.2, -0.15) is 0 Å². The molecule has 0 aliphatic carbocycles. The van der Waals surface area contributed by atoms with Gasteiger partial charge in [0.25, 0.3) is 5.91 Å². The monoisotopic (exact) mass is 278 g/mol. The van der Waals surface area contributed by atoms with Crippen molar-refractivity contribution < 1.29 is 19.4 Å². The Morgan fingerprint density at radius 2 is 2.35 bits per heavy atom. The average molecular weight is 278 g/mol. The van der Waals surface area contributed by atoms with Crippen LogP contribution < -0.4 is 0 Å². The molecule has 1 N–H and O–H groups in total. The molecule has 1 unspecified atom stereocenters. The van der Waals surface area contributed by atoms with Crippen molar-refractivity contribution in [2.24, 2.45) is 0 Å². The number of carbonyl (C=O) groups excluding carboxylic acids is 1. The highest BCUT2D eigenvalue weighted by atomic mass is 16.5. The van der Waals surface area contributed by atoms with Crippen molar-refractivity contribution in [3.8, 4) is 0 Å². The molecule has 1 amide bonds. The molecule has 0 bridgehead atoms. The van der Waals surface area contributed by atoms with Gasteiger partial charge in [-0.05, 0) is 18.6 Å². The fourth-order valence-electron chi connectivity index (χ4n) is 2.24. The lowest BCUT2D eigenvalue weighted by atomic mass is 10.1. The molecule has 6 heteroatoms. The molecule has 1 saturated heterocycles. The van der Waals surface area contributed by atoms with Crippen LogP contribution in [0.4, 0.5) is 0 Å².